The Hall–Kier alpha value is 3.30. The van der Waals surface area contributed by atoms with E-state index in [0.717, 1.165) is 0 Å². The molecule has 2 unspecified atom stereocenters. The fourth-order valence-electron chi connectivity index (χ4n) is 0.429. The molecule has 0 aliphatic carbocycles. The van der Waals surface area contributed by atoms with Gasteiger partial charge in [0.1, 0.15) is 0 Å². The molecule has 6 N–H and O–H groups in total. The second-order valence-electron chi connectivity index (χ2n) is 2.16. The Labute approximate surface area is 172 Å². The summed E-state index contributed by atoms with van der Waals surface area (Å²) in [6.07, 6.45) is 0. The van der Waals surface area contributed by atoms with Gasteiger partial charge in [-0.2, -0.15) is 12.9 Å². The Balaban J connectivity index is -0.00000128. The molecule has 0 fully saturated rings. The number of hydrogen-bond acceptors (Lipinski definition) is 7. The van der Waals surface area contributed by atoms with Crippen LogP contribution in [0.1, 0.15) is 0 Å². The topological polar surface area (TPSA) is 217 Å². The van der Waals surface area contributed by atoms with E-state index in [1.807, 2.05) is 0 Å². The van der Waals surface area contributed by atoms with Crippen LogP contribution in [-0.2, 0) is 31.2 Å². The predicted molar refractivity (Wildman–Crippen MR) is 64.1 cm³/mol. The van der Waals surface area contributed by atoms with Crippen LogP contribution in [0.5, 0.6) is 0 Å². The monoisotopic (exact) mass is 470 g/mol. The van der Waals surface area contributed by atoms with Gasteiger partial charge in [-0.3, -0.25) is 0 Å². The van der Waals surface area contributed by atoms with Crippen molar-refractivity contribution in [3.63, 3.8) is 0 Å². The standard InChI is InChI=1S/Ca.H6O13P4.Sr.4H/c;1-14(2,3)11-16(7,8)13-17(9,10)12-15(4,5)6;;;;;/h;(H,7,8)(H,9,10)(H2,1,2,3)(H2,4,5,6);;;;;. The van der Waals surface area contributed by atoms with Gasteiger partial charge in [0.25, 0.3) is 0 Å². The van der Waals surface area contributed by atoms with E-state index in [9.17, 15) is 18.3 Å². The van der Waals surface area contributed by atoms with Gasteiger partial charge in [0.15, 0.2) is 0 Å². The van der Waals surface area contributed by atoms with Gasteiger partial charge in [-0.1, -0.05) is 0 Å². The van der Waals surface area contributed by atoms with Crippen LogP contribution in [0.15, 0.2) is 0 Å². The molecule has 0 bridgehead atoms. The van der Waals surface area contributed by atoms with Crippen molar-refractivity contribution < 1.29 is 60.6 Å². The average Bonchev–Trinajstić information content (AvgIpc) is 1.65. The third-order valence-corrected chi connectivity index (χ3v) is 5.63. The zero-order valence-corrected chi connectivity index (χ0v) is 10.9. The van der Waals surface area contributed by atoms with Crippen LogP contribution in [0.25, 0.3) is 0 Å². The summed E-state index contributed by atoms with van der Waals surface area (Å²) in [6, 6.07) is 0. The SMILES string of the molecule is O=P(O)(O)OP(=O)(O)OP(=O)(O)OP(=O)(O)O.[CaH2].[SrH2]. The normalized spacial score (nSPS) is 18.4. The van der Waals surface area contributed by atoms with Crippen molar-refractivity contribution in [3.8, 4) is 0 Å². The molecule has 0 amide bonds. The Morgan fingerprint density at radius 1 is 0.579 bits per heavy atom. The summed E-state index contributed by atoms with van der Waals surface area (Å²) in [5, 5.41) is 0. The Bertz CT molecular complexity index is 413. The quantitative estimate of drug-likeness (QED) is 0.176. The van der Waals surface area contributed by atoms with Gasteiger partial charge >= 0.3 is 115 Å². The second kappa shape index (κ2) is 9.56. The molecule has 0 aliphatic rings. The maximum absolute atomic E-state index is 10.7. The maximum atomic E-state index is 10.7. The van der Waals surface area contributed by atoms with Crippen LogP contribution in [0.3, 0.4) is 0 Å². The fourth-order valence-corrected chi connectivity index (χ4v) is 4.40. The molecule has 0 aliphatic heterocycles. The van der Waals surface area contributed by atoms with Gasteiger partial charge in [-0.25, -0.2) is 18.3 Å². The van der Waals surface area contributed by atoms with Crippen molar-refractivity contribution in [2.75, 3.05) is 0 Å². The van der Waals surface area contributed by atoms with E-state index in [-0.39, 0.29) is 83.2 Å². The van der Waals surface area contributed by atoms with Crippen LogP contribution in [-0.4, -0.2) is 113 Å². The molecule has 0 aromatic heterocycles. The molecule has 0 heterocycles. The van der Waals surface area contributed by atoms with Gasteiger partial charge in [0, 0.05) is 0 Å². The molecule has 0 saturated heterocycles. The number of hydrogen-bond donors (Lipinski definition) is 6. The first-order valence-corrected chi connectivity index (χ1v) is 9.08. The van der Waals surface area contributed by atoms with Gasteiger partial charge in [0.05, 0.1) is 0 Å². The molecule has 0 radical (unpaired) electrons. The fraction of sp³-hybridized carbons (Fsp3) is 0. The number of rotatable bonds is 6. The first-order chi connectivity index (χ1) is 7.12. The van der Waals surface area contributed by atoms with Crippen LogP contribution < -0.4 is 0 Å². The molecule has 0 aromatic carbocycles. The van der Waals surface area contributed by atoms with E-state index in [2.05, 4.69) is 12.9 Å². The van der Waals surface area contributed by atoms with E-state index in [1.54, 1.807) is 0 Å². The number of phosphoric acid groups is 4. The predicted octanol–water partition coefficient (Wildman–Crippen LogP) is -2.41. The summed E-state index contributed by atoms with van der Waals surface area (Å²) in [5.41, 5.74) is 0. The van der Waals surface area contributed by atoms with E-state index in [0.29, 0.717) is 0 Å². The zero-order chi connectivity index (χ0) is 14.1. The molecule has 0 rings (SSSR count). The summed E-state index contributed by atoms with van der Waals surface area (Å²) in [5.74, 6) is 0. The molecule has 2 atom stereocenters. The Morgan fingerprint density at radius 2 is 0.789 bits per heavy atom. The van der Waals surface area contributed by atoms with Gasteiger partial charge < -0.3 is 29.4 Å². The summed E-state index contributed by atoms with van der Waals surface area (Å²) in [6.45, 7) is 0. The Kier molecular flexibility index (Phi) is 13.7. The van der Waals surface area contributed by atoms with Crippen molar-refractivity contribution in [2.45, 2.75) is 0 Å². The first kappa shape index (κ1) is 27.2. The summed E-state index contributed by atoms with van der Waals surface area (Å²) in [4.78, 5) is 49.4. The van der Waals surface area contributed by atoms with Crippen molar-refractivity contribution in [2.24, 2.45) is 0 Å². The third-order valence-electron chi connectivity index (χ3n) is 0.625. The van der Waals surface area contributed by atoms with E-state index in [4.69, 9.17) is 29.4 Å². The van der Waals surface area contributed by atoms with Crippen LogP contribution in [0.2, 0.25) is 0 Å². The van der Waals surface area contributed by atoms with Crippen molar-refractivity contribution in [1.82, 2.24) is 0 Å². The summed E-state index contributed by atoms with van der Waals surface area (Å²) < 4.78 is 50.9. The minimum absolute atomic E-state index is 0. The molecular weight excluding hydrogens is 460 g/mol. The van der Waals surface area contributed by atoms with Crippen molar-refractivity contribution in [3.05, 3.63) is 0 Å². The first-order valence-electron chi connectivity index (χ1n) is 3.03. The summed E-state index contributed by atoms with van der Waals surface area (Å²) in [7, 11) is -22.6. The van der Waals surface area contributed by atoms with Crippen molar-refractivity contribution >= 4 is 115 Å². The summed E-state index contributed by atoms with van der Waals surface area (Å²) >= 11 is 0. The van der Waals surface area contributed by atoms with Crippen LogP contribution >= 0.6 is 31.3 Å². The molecular formula is H10CaO13P4Sr. The van der Waals surface area contributed by atoms with Crippen LogP contribution in [0.4, 0.5) is 0 Å². The molecule has 13 nitrogen and oxygen atoms in total. The Morgan fingerprint density at radius 3 is 0.947 bits per heavy atom. The average molecular weight is 470 g/mol. The van der Waals surface area contributed by atoms with E-state index >= 15 is 0 Å². The molecule has 112 valence electrons. The molecule has 19 heteroatoms. The third kappa shape index (κ3) is 17.5. The van der Waals surface area contributed by atoms with E-state index < -0.39 is 31.3 Å². The molecule has 19 heavy (non-hydrogen) atoms. The van der Waals surface area contributed by atoms with Crippen molar-refractivity contribution in [1.29, 1.82) is 0 Å². The van der Waals surface area contributed by atoms with Crippen LogP contribution in [0, 0.1) is 0 Å². The minimum atomic E-state index is -5.77. The van der Waals surface area contributed by atoms with Gasteiger partial charge in [-0.15, -0.1) is 0 Å². The zero-order valence-electron chi connectivity index (χ0n) is 7.33. The molecule has 0 aromatic rings. The molecule has 0 spiro atoms. The van der Waals surface area contributed by atoms with E-state index in [1.165, 1.54) is 0 Å². The second-order valence-corrected chi connectivity index (χ2v) is 7.96. The van der Waals surface area contributed by atoms with Gasteiger partial charge in [0.2, 0.25) is 0 Å². The molecule has 0 saturated carbocycles. The van der Waals surface area contributed by atoms with Gasteiger partial charge in [-0.05, 0) is 0 Å².